The van der Waals surface area contributed by atoms with Crippen LogP contribution in [-0.2, 0) is 20.2 Å². The number of hydrogen-bond acceptors (Lipinski definition) is 14. The van der Waals surface area contributed by atoms with Gasteiger partial charge in [0.2, 0.25) is 23.8 Å². The second-order valence-electron chi connectivity index (χ2n) is 17.9. The molecule has 0 spiro atoms. The van der Waals surface area contributed by atoms with Gasteiger partial charge in [-0.2, -0.15) is 9.97 Å². The number of nitrogens with zero attached hydrogens (tertiary/aromatic N) is 6. The normalized spacial score (nSPS) is 11.2. The summed E-state index contributed by atoms with van der Waals surface area (Å²) in [4.78, 5) is 16.7. The Morgan fingerprint density at radius 3 is 0.964 bits per heavy atom. The van der Waals surface area contributed by atoms with Crippen LogP contribution in [0.5, 0.6) is 46.8 Å². The van der Waals surface area contributed by atoms with Gasteiger partial charge in [-0.05, 0) is 104 Å². The molecule has 16 nitrogen and oxygen atoms in total. The Kier molecular flexibility index (Phi) is 21.1. The Hall–Kier alpha value is -6.24. The summed E-state index contributed by atoms with van der Waals surface area (Å²) in [5.74, 6) is 1.94. The van der Waals surface area contributed by atoms with E-state index < -0.39 is 30.0 Å². The van der Waals surface area contributed by atoms with Gasteiger partial charge in [0.15, 0.2) is 0 Å². The van der Waals surface area contributed by atoms with E-state index in [1.54, 1.807) is 24.3 Å². The van der Waals surface area contributed by atoms with Gasteiger partial charge >= 0.3 is 118 Å². The second-order valence-corrected chi connectivity index (χ2v) is 20.6. The number of rotatable bonds is 16. The van der Waals surface area contributed by atoms with Crippen LogP contribution in [0.25, 0.3) is 65.9 Å². The standard InChI is InChI=1S/C62H40N6O10S2.4Na/c69-79(70,71)55-35-45(63-57-37-59(75-51-25-9-17-39-13-1-5-21-47(39)51)67-61(65-57)77-53-27-11-19-41-15-3-7-23-49(41)53)33-31-43(55)29-30-44-32-34-46(36-56(44)80(72,73)74)64-58-38-60(76-52-26-10-18-40-14-2-6-22-48(40)52)68-62(66-58)78-54-28-12-20-42-16-4-8-24-50(42)54;;;;/h1-38H,(H2-2,63,64,65,66,67,68,69,70,71,72,73,74);;;;/q-2;4*+1/p-2. The number of aromatic nitrogens is 4. The first kappa shape index (κ1) is 63.8. The molecule has 84 heavy (non-hydrogen) atoms. The first-order chi connectivity index (χ1) is 38.8. The van der Waals surface area contributed by atoms with E-state index in [9.17, 15) is 25.9 Å². The maximum Gasteiger partial charge on any atom is 1.00 e. The van der Waals surface area contributed by atoms with Gasteiger partial charge in [-0.25, -0.2) is 16.8 Å². The molecule has 0 unspecified atom stereocenters. The van der Waals surface area contributed by atoms with Crippen molar-refractivity contribution in [3.63, 3.8) is 0 Å². The van der Waals surface area contributed by atoms with Crippen molar-refractivity contribution in [3.05, 3.63) is 240 Å². The van der Waals surface area contributed by atoms with Crippen LogP contribution in [0.1, 0.15) is 11.1 Å². The molecule has 0 radical (unpaired) electrons. The zero-order valence-corrected chi connectivity index (χ0v) is 55.2. The van der Waals surface area contributed by atoms with Gasteiger partial charge in [-0.15, -0.1) is 0 Å². The zero-order valence-electron chi connectivity index (χ0n) is 45.5. The van der Waals surface area contributed by atoms with E-state index in [4.69, 9.17) is 18.9 Å². The average molecular weight is 1180 g/mol. The molecule has 0 amide bonds. The molecule has 12 aromatic rings. The molecule has 0 saturated heterocycles. The average Bonchev–Trinajstić information content (AvgIpc) is 3.55. The molecule has 10 aromatic carbocycles. The molecule has 0 N–H and O–H groups in total. The van der Waals surface area contributed by atoms with Gasteiger partial charge in [-0.1, -0.05) is 182 Å². The molecule has 0 saturated carbocycles. The Morgan fingerprint density at radius 1 is 0.345 bits per heavy atom. The van der Waals surface area contributed by atoms with Crippen LogP contribution in [-0.4, -0.2) is 45.9 Å². The zero-order chi connectivity index (χ0) is 54.8. The Balaban J connectivity index is 0.00000230. The molecule has 0 aliphatic heterocycles. The van der Waals surface area contributed by atoms with Crippen LogP contribution in [0, 0.1) is 0 Å². The summed E-state index contributed by atoms with van der Waals surface area (Å²) in [6, 6.07) is 62.8. The fourth-order valence-corrected chi connectivity index (χ4v) is 10.4. The molecular formula is C62H38N6Na4O10S2. The van der Waals surface area contributed by atoms with Gasteiger partial charge in [0.25, 0.3) is 0 Å². The van der Waals surface area contributed by atoms with E-state index >= 15 is 0 Å². The van der Waals surface area contributed by atoms with Crippen molar-refractivity contribution in [2.45, 2.75) is 9.79 Å². The summed E-state index contributed by atoms with van der Waals surface area (Å²) in [6.45, 7) is 0. The Labute approximate surface area is 571 Å². The molecule has 0 bridgehead atoms. The number of fused-ring (bicyclic) bond motifs is 4. The summed E-state index contributed by atoms with van der Waals surface area (Å²) in [7, 11) is -10.4. The predicted molar refractivity (Wildman–Crippen MR) is 303 cm³/mol. The van der Waals surface area contributed by atoms with Gasteiger partial charge in [-0.3, -0.25) is 0 Å². The summed E-state index contributed by atoms with van der Waals surface area (Å²) >= 11 is 0. The summed E-state index contributed by atoms with van der Waals surface area (Å²) in [5.41, 5.74) is -0.277. The quantitative estimate of drug-likeness (QED) is 0.0763. The minimum Gasteiger partial charge on any atom is -0.744 e. The van der Waals surface area contributed by atoms with Crippen molar-refractivity contribution in [3.8, 4) is 46.8 Å². The second kappa shape index (κ2) is 27.9. The number of hydrogen-bond donors (Lipinski definition) is 0. The first-order valence-electron chi connectivity index (χ1n) is 24.6. The fourth-order valence-electron chi connectivity index (χ4n) is 8.99. The van der Waals surface area contributed by atoms with E-state index in [-0.39, 0.29) is 176 Å². The number of ether oxygens (including phenoxy) is 4. The summed E-state index contributed by atoms with van der Waals surface area (Å²) in [5, 5.41) is 16.0. The Morgan fingerprint density at radius 2 is 0.643 bits per heavy atom. The van der Waals surface area contributed by atoms with Crippen LogP contribution in [0.15, 0.2) is 228 Å². The van der Waals surface area contributed by atoms with Crippen LogP contribution in [0.4, 0.5) is 23.0 Å². The van der Waals surface area contributed by atoms with Gasteiger partial charge < -0.3 is 48.7 Å². The number of benzene rings is 10. The first-order valence-corrected chi connectivity index (χ1v) is 27.4. The monoisotopic (exact) mass is 1180 g/mol. The molecule has 392 valence electrons. The SMILES string of the molecule is O=S(=O)([O-])c1cc([N-]c2cc(Oc3cccc4ccccc34)nc(Oc3cccc4ccccc34)n2)ccc1C=Cc1ccc([N-]c2cc(Oc3cccc4ccccc34)nc(Oc3cccc4ccccc34)n2)cc1S(=O)(=O)[O-].[Na+].[Na+].[Na+].[Na+]. The predicted octanol–water partition coefficient (Wildman–Crippen LogP) is 3.72. The van der Waals surface area contributed by atoms with E-state index in [2.05, 4.69) is 30.6 Å². The molecule has 12 rings (SSSR count). The maximum atomic E-state index is 12.9. The molecule has 22 heteroatoms. The van der Waals surface area contributed by atoms with E-state index in [1.165, 1.54) is 48.6 Å². The van der Waals surface area contributed by atoms with E-state index in [1.807, 2.05) is 146 Å². The molecule has 0 atom stereocenters. The van der Waals surface area contributed by atoms with Crippen LogP contribution < -0.4 is 137 Å². The van der Waals surface area contributed by atoms with Crippen molar-refractivity contribution in [1.82, 2.24) is 19.9 Å². The topological polar surface area (TPSA) is 231 Å². The minimum absolute atomic E-state index is 0. The van der Waals surface area contributed by atoms with Gasteiger partial charge in [0, 0.05) is 21.5 Å². The summed E-state index contributed by atoms with van der Waals surface area (Å²) < 4.78 is 103. The third-order valence-electron chi connectivity index (χ3n) is 12.6. The van der Waals surface area contributed by atoms with Gasteiger partial charge in [0.1, 0.15) is 43.2 Å². The minimum atomic E-state index is -5.21. The smallest absolute Gasteiger partial charge is 0.744 e. The molecule has 0 fully saturated rings. The third kappa shape index (κ3) is 14.9. The Bertz CT molecular complexity index is 4170. The van der Waals surface area contributed by atoms with Crippen LogP contribution in [0.3, 0.4) is 0 Å². The van der Waals surface area contributed by atoms with Crippen molar-refractivity contribution < 1.29 is 163 Å². The van der Waals surface area contributed by atoms with Gasteiger partial charge in [0.05, 0.1) is 9.79 Å². The summed E-state index contributed by atoms with van der Waals surface area (Å²) in [6.07, 6.45) is 2.40. The largest absolute Gasteiger partial charge is 1.00 e. The maximum absolute atomic E-state index is 12.9. The fraction of sp³-hybridized carbons (Fsp3) is 0. The molecule has 0 aliphatic rings. The van der Waals surface area contributed by atoms with Crippen molar-refractivity contribution in [2.24, 2.45) is 0 Å². The van der Waals surface area contributed by atoms with Crippen molar-refractivity contribution in [2.75, 3.05) is 0 Å². The van der Waals surface area contributed by atoms with Crippen LogP contribution in [0.2, 0.25) is 0 Å². The molecule has 0 aliphatic carbocycles. The van der Waals surface area contributed by atoms with E-state index in [0.717, 1.165) is 55.2 Å². The van der Waals surface area contributed by atoms with Crippen molar-refractivity contribution in [1.29, 1.82) is 0 Å². The molecular weight excluding hydrogens is 1140 g/mol. The van der Waals surface area contributed by atoms with Crippen molar-refractivity contribution >= 4 is 98.5 Å². The third-order valence-corrected chi connectivity index (χ3v) is 14.4. The molecule has 2 aromatic heterocycles. The molecule has 2 heterocycles. The van der Waals surface area contributed by atoms with Crippen LogP contribution >= 0.6 is 0 Å². The van der Waals surface area contributed by atoms with E-state index in [0.29, 0.717) is 23.0 Å².